The summed E-state index contributed by atoms with van der Waals surface area (Å²) in [5.41, 5.74) is 8.35. The molecule has 80 valence electrons. The van der Waals surface area contributed by atoms with Crippen molar-refractivity contribution in [3.8, 4) is 11.4 Å². The molecule has 0 aliphatic heterocycles. The van der Waals surface area contributed by atoms with E-state index in [0.29, 0.717) is 0 Å². The van der Waals surface area contributed by atoms with E-state index in [1.54, 1.807) is 17.5 Å². The van der Waals surface area contributed by atoms with Crippen LogP contribution in [0.2, 0.25) is 0 Å². The fraction of sp³-hybridized carbons (Fsp3) is 0.100. The van der Waals surface area contributed by atoms with Crippen LogP contribution in [0, 0.1) is 6.92 Å². The molecule has 0 fully saturated rings. The van der Waals surface area contributed by atoms with E-state index in [-0.39, 0.29) is 5.95 Å². The summed E-state index contributed by atoms with van der Waals surface area (Å²) in [6, 6.07) is 2.12. The summed E-state index contributed by atoms with van der Waals surface area (Å²) in [6.45, 7) is 2.05. The van der Waals surface area contributed by atoms with Crippen molar-refractivity contribution in [2.75, 3.05) is 5.73 Å². The monoisotopic (exact) mass is 231 g/mol. The Hall–Kier alpha value is -1.95. The molecule has 0 aromatic carbocycles. The Morgan fingerprint density at radius 2 is 2.25 bits per heavy atom. The van der Waals surface area contributed by atoms with Crippen LogP contribution in [0.25, 0.3) is 16.2 Å². The highest BCUT2D eigenvalue weighted by molar-refractivity contribution is 7.15. The van der Waals surface area contributed by atoms with Gasteiger partial charge in [0.05, 0.1) is 16.7 Å². The summed E-state index contributed by atoms with van der Waals surface area (Å²) in [5.74, 6) is 0.194. The molecule has 3 heterocycles. The third-order valence-corrected chi connectivity index (χ3v) is 3.23. The smallest absolute Gasteiger partial charge is 0.240 e. The molecule has 3 aromatic rings. The van der Waals surface area contributed by atoms with Crippen molar-refractivity contribution in [2.45, 2.75) is 6.92 Å². The van der Waals surface area contributed by atoms with Gasteiger partial charge in [0, 0.05) is 11.6 Å². The molecular formula is C10H9N5S. The van der Waals surface area contributed by atoms with Gasteiger partial charge in [0.2, 0.25) is 5.95 Å². The molecule has 0 bridgehead atoms. The Labute approximate surface area is 95.6 Å². The summed E-state index contributed by atoms with van der Waals surface area (Å²) < 4.78 is 2.09. The van der Waals surface area contributed by atoms with Gasteiger partial charge >= 0.3 is 0 Å². The topological polar surface area (TPSA) is 69.1 Å². The lowest BCUT2D eigenvalue weighted by atomic mass is 10.2. The molecule has 3 aromatic heterocycles. The lowest BCUT2D eigenvalue weighted by molar-refractivity contribution is 0.981. The first-order valence-electron chi connectivity index (χ1n) is 4.76. The molecule has 0 aliphatic carbocycles. The standard InChI is InChI=1S/C10H9N5S/c1-6-4-8-15(2-3-16-8)9(6)7-5-12-10(11)14-13-7/h2-5H,1H3,(H2,11,12,14). The van der Waals surface area contributed by atoms with Gasteiger partial charge in [-0.25, -0.2) is 4.98 Å². The van der Waals surface area contributed by atoms with Gasteiger partial charge in [-0.1, -0.05) is 0 Å². The van der Waals surface area contributed by atoms with Crippen LogP contribution in [0.4, 0.5) is 5.95 Å². The number of rotatable bonds is 1. The van der Waals surface area contributed by atoms with Crippen molar-refractivity contribution < 1.29 is 0 Å². The van der Waals surface area contributed by atoms with Gasteiger partial charge in [-0.2, -0.15) is 0 Å². The predicted octanol–water partition coefficient (Wildman–Crippen LogP) is 1.74. The predicted molar refractivity (Wildman–Crippen MR) is 63.2 cm³/mol. The maximum atomic E-state index is 5.42. The van der Waals surface area contributed by atoms with E-state index >= 15 is 0 Å². The van der Waals surface area contributed by atoms with Gasteiger partial charge in [-0.3, -0.25) is 0 Å². The molecule has 2 N–H and O–H groups in total. The highest BCUT2D eigenvalue weighted by atomic mass is 32.1. The second-order valence-corrected chi connectivity index (χ2v) is 4.41. The number of aryl methyl sites for hydroxylation is 1. The molecule has 0 radical (unpaired) electrons. The largest absolute Gasteiger partial charge is 0.366 e. The molecule has 0 unspecified atom stereocenters. The number of nitrogens with two attached hydrogens (primary N) is 1. The van der Waals surface area contributed by atoms with Crippen LogP contribution in [-0.4, -0.2) is 19.6 Å². The molecule has 0 saturated heterocycles. The lowest BCUT2D eigenvalue weighted by Crippen LogP contribution is -1.99. The number of fused-ring (bicyclic) bond motifs is 1. The van der Waals surface area contributed by atoms with Crippen molar-refractivity contribution >= 4 is 22.1 Å². The van der Waals surface area contributed by atoms with Gasteiger partial charge in [0.25, 0.3) is 0 Å². The van der Waals surface area contributed by atoms with Crippen molar-refractivity contribution in [1.82, 2.24) is 19.6 Å². The number of anilines is 1. The fourth-order valence-electron chi connectivity index (χ4n) is 1.74. The van der Waals surface area contributed by atoms with Gasteiger partial charge in [0.1, 0.15) is 5.69 Å². The van der Waals surface area contributed by atoms with Crippen LogP contribution in [0.15, 0.2) is 23.8 Å². The SMILES string of the molecule is Cc1cc2sccn2c1-c1cnc(N)nn1. The van der Waals surface area contributed by atoms with Gasteiger partial charge in [0.15, 0.2) is 0 Å². The number of nitrogens with zero attached hydrogens (tertiary/aromatic N) is 4. The molecule has 0 spiro atoms. The van der Waals surface area contributed by atoms with Gasteiger partial charge in [-0.15, -0.1) is 21.5 Å². The maximum absolute atomic E-state index is 5.42. The number of hydrogen-bond acceptors (Lipinski definition) is 5. The Morgan fingerprint density at radius 3 is 3.00 bits per heavy atom. The Bertz CT molecular complexity index is 637. The zero-order valence-electron chi connectivity index (χ0n) is 8.58. The highest BCUT2D eigenvalue weighted by Gasteiger charge is 2.11. The van der Waals surface area contributed by atoms with E-state index in [1.165, 1.54) is 4.83 Å². The minimum absolute atomic E-state index is 0.194. The Kier molecular flexibility index (Phi) is 1.90. The summed E-state index contributed by atoms with van der Waals surface area (Å²) in [6.07, 6.45) is 3.66. The minimum atomic E-state index is 0.194. The molecule has 5 nitrogen and oxygen atoms in total. The average molecular weight is 231 g/mol. The van der Waals surface area contributed by atoms with E-state index in [0.717, 1.165) is 17.0 Å². The van der Waals surface area contributed by atoms with E-state index in [1.807, 2.05) is 18.5 Å². The summed E-state index contributed by atoms with van der Waals surface area (Å²) in [4.78, 5) is 5.15. The minimum Gasteiger partial charge on any atom is -0.366 e. The van der Waals surface area contributed by atoms with Crippen LogP contribution in [0.5, 0.6) is 0 Å². The summed E-state index contributed by atoms with van der Waals surface area (Å²) in [7, 11) is 0. The van der Waals surface area contributed by atoms with Crippen molar-refractivity contribution in [2.24, 2.45) is 0 Å². The molecular weight excluding hydrogens is 222 g/mol. The zero-order chi connectivity index (χ0) is 11.1. The molecule has 0 aliphatic rings. The molecule has 0 saturated carbocycles. The quantitative estimate of drug-likeness (QED) is 0.692. The van der Waals surface area contributed by atoms with Crippen LogP contribution < -0.4 is 5.73 Å². The number of nitrogen functional groups attached to an aromatic ring is 1. The number of aromatic nitrogens is 4. The van der Waals surface area contributed by atoms with Crippen LogP contribution in [0.3, 0.4) is 0 Å². The van der Waals surface area contributed by atoms with Crippen LogP contribution in [0.1, 0.15) is 5.56 Å². The third-order valence-electron chi connectivity index (χ3n) is 2.41. The first-order valence-corrected chi connectivity index (χ1v) is 5.64. The number of thiazole rings is 1. The van der Waals surface area contributed by atoms with Gasteiger partial charge in [-0.05, 0) is 18.6 Å². The zero-order valence-corrected chi connectivity index (χ0v) is 9.40. The van der Waals surface area contributed by atoms with Crippen LogP contribution >= 0.6 is 11.3 Å². The second-order valence-electron chi connectivity index (χ2n) is 3.49. The normalized spacial score (nSPS) is 11.1. The first-order chi connectivity index (χ1) is 7.75. The van der Waals surface area contributed by atoms with Gasteiger partial charge < -0.3 is 10.1 Å². The van der Waals surface area contributed by atoms with E-state index in [9.17, 15) is 0 Å². The van der Waals surface area contributed by atoms with Crippen molar-refractivity contribution in [3.63, 3.8) is 0 Å². The molecule has 6 heteroatoms. The first kappa shape index (κ1) is 9.29. The molecule has 16 heavy (non-hydrogen) atoms. The third kappa shape index (κ3) is 1.27. The van der Waals surface area contributed by atoms with E-state index in [2.05, 4.69) is 25.6 Å². The molecule has 0 atom stereocenters. The second kappa shape index (κ2) is 3.28. The molecule has 0 amide bonds. The van der Waals surface area contributed by atoms with E-state index < -0.39 is 0 Å². The average Bonchev–Trinajstić information content (AvgIpc) is 2.79. The molecule has 3 rings (SSSR count). The summed E-state index contributed by atoms with van der Waals surface area (Å²) in [5, 5.41) is 9.87. The van der Waals surface area contributed by atoms with Crippen molar-refractivity contribution in [1.29, 1.82) is 0 Å². The van der Waals surface area contributed by atoms with Crippen LogP contribution in [-0.2, 0) is 0 Å². The lowest BCUT2D eigenvalue weighted by Gasteiger charge is -2.00. The maximum Gasteiger partial charge on any atom is 0.240 e. The number of hydrogen-bond donors (Lipinski definition) is 1. The van der Waals surface area contributed by atoms with E-state index in [4.69, 9.17) is 5.73 Å². The Balaban J connectivity index is 2.28. The van der Waals surface area contributed by atoms with Crippen molar-refractivity contribution in [3.05, 3.63) is 29.4 Å². The summed E-state index contributed by atoms with van der Waals surface area (Å²) >= 11 is 1.69. The Morgan fingerprint density at radius 1 is 1.38 bits per heavy atom. The fourth-order valence-corrected chi connectivity index (χ4v) is 2.57. The highest BCUT2D eigenvalue weighted by Crippen LogP contribution is 2.27.